The minimum absolute atomic E-state index is 0.0503. The number of aryl methyl sites for hydroxylation is 2. The van der Waals surface area contributed by atoms with Gasteiger partial charge < -0.3 is 9.80 Å². The van der Waals surface area contributed by atoms with Gasteiger partial charge in [-0.2, -0.15) is 0 Å². The quantitative estimate of drug-likeness (QED) is 0.0415. The van der Waals surface area contributed by atoms with Crippen LogP contribution in [-0.4, -0.2) is 34.7 Å². The fraction of sp³-hybridized carbons (Fsp3) is 0.672. The van der Waals surface area contributed by atoms with Gasteiger partial charge in [0, 0.05) is 32.6 Å². The lowest BCUT2D eigenvalue weighted by molar-refractivity contribution is -0.124. The Bertz CT molecular complexity index is 2420. The summed E-state index contributed by atoms with van der Waals surface area (Å²) in [6.07, 6.45) is 43.6. The predicted molar refractivity (Wildman–Crippen MR) is 349 cm³/mol. The summed E-state index contributed by atoms with van der Waals surface area (Å²) in [5.41, 5.74) is 5.70. The van der Waals surface area contributed by atoms with Crippen LogP contribution in [-0.2, 0) is 16.0 Å². The third-order valence-electron chi connectivity index (χ3n) is 16.5. The number of carbonyl (C=O) groups excluding carboxylic acids is 2. The molecule has 0 aromatic carbocycles. The van der Waals surface area contributed by atoms with E-state index in [1.807, 2.05) is 11.3 Å². The summed E-state index contributed by atoms with van der Waals surface area (Å²) in [6.45, 7) is 15.0. The molecule has 0 saturated heterocycles. The molecule has 2 aliphatic heterocycles. The zero-order chi connectivity index (χ0) is 54.8. The van der Waals surface area contributed by atoms with E-state index in [1.165, 1.54) is 217 Å². The molecule has 2 amide bonds. The first-order valence-electron chi connectivity index (χ1n) is 31.5. The molecule has 428 valence electrons. The summed E-state index contributed by atoms with van der Waals surface area (Å²) in [6, 6.07) is 13.5. The molecule has 0 radical (unpaired) electrons. The molecule has 4 aromatic heterocycles. The second-order valence-corrected chi connectivity index (χ2v) is 30.1. The molecule has 0 saturated carbocycles. The molecule has 4 aromatic rings. The van der Waals surface area contributed by atoms with Crippen molar-refractivity contribution in [2.24, 2.45) is 11.8 Å². The highest BCUT2D eigenvalue weighted by Crippen LogP contribution is 2.53. The van der Waals surface area contributed by atoms with Crippen molar-refractivity contribution in [3.8, 4) is 19.5 Å². The summed E-state index contributed by atoms with van der Waals surface area (Å²) in [5, 5.41) is 0. The lowest BCUT2D eigenvalue weighted by Gasteiger charge is -2.29. The Morgan fingerprint density at radius 3 is 1.13 bits per heavy atom. The fourth-order valence-corrected chi connectivity index (χ4v) is 17.6. The first kappa shape index (κ1) is 64.3. The fourth-order valence-electron chi connectivity index (χ4n) is 12.0. The predicted octanol–water partition coefficient (Wildman–Crippen LogP) is 24.0. The topological polar surface area (TPSA) is 40.6 Å². The number of amides is 2. The van der Waals surface area contributed by atoms with Crippen molar-refractivity contribution in [2.75, 3.05) is 13.1 Å². The molecule has 0 spiro atoms. The van der Waals surface area contributed by atoms with E-state index in [1.54, 1.807) is 34.0 Å². The lowest BCUT2D eigenvalue weighted by atomic mass is 9.93. The van der Waals surface area contributed by atoms with E-state index in [2.05, 4.69) is 120 Å². The molecule has 0 bridgehead atoms. The van der Waals surface area contributed by atoms with Crippen molar-refractivity contribution >= 4 is 100 Å². The van der Waals surface area contributed by atoms with Crippen molar-refractivity contribution in [3.63, 3.8) is 0 Å². The maximum absolute atomic E-state index is 16.2. The molecule has 6 rings (SSSR count). The minimum atomic E-state index is 0.0503. The highest BCUT2D eigenvalue weighted by molar-refractivity contribution is 9.11. The van der Waals surface area contributed by atoms with Crippen molar-refractivity contribution < 1.29 is 9.59 Å². The van der Waals surface area contributed by atoms with Gasteiger partial charge in [-0.25, -0.2) is 0 Å². The van der Waals surface area contributed by atoms with Gasteiger partial charge in [0.15, 0.2) is 0 Å². The molecule has 0 fully saturated rings. The Morgan fingerprint density at radius 1 is 0.403 bits per heavy atom. The summed E-state index contributed by atoms with van der Waals surface area (Å²) in [5.74, 6) is 0.857. The zero-order valence-corrected chi connectivity index (χ0v) is 55.3. The maximum atomic E-state index is 16.2. The first-order valence-corrected chi connectivity index (χ1v) is 36.4. The maximum Gasteiger partial charge on any atom is 0.261 e. The van der Waals surface area contributed by atoms with E-state index >= 15 is 9.59 Å². The van der Waals surface area contributed by atoms with Crippen LogP contribution in [0.4, 0.5) is 0 Å². The third kappa shape index (κ3) is 19.7. The number of rotatable bonds is 43. The average Bonchev–Trinajstić information content (AvgIpc) is 4.42. The summed E-state index contributed by atoms with van der Waals surface area (Å²) < 4.78 is 2.25. The molecule has 0 aliphatic carbocycles. The Labute approximate surface area is 502 Å². The van der Waals surface area contributed by atoms with Crippen molar-refractivity contribution in [1.29, 1.82) is 0 Å². The van der Waals surface area contributed by atoms with Gasteiger partial charge in [-0.05, 0) is 137 Å². The van der Waals surface area contributed by atoms with Gasteiger partial charge in [-0.15, -0.1) is 45.3 Å². The summed E-state index contributed by atoms with van der Waals surface area (Å²) >= 11 is 14.8. The van der Waals surface area contributed by atoms with E-state index in [-0.39, 0.29) is 11.8 Å². The Kier molecular flexibility index (Phi) is 30.0. The number of hydrogen-bond donors (Lipinski definition) is 0. The number of thiophene rings is 4. The first-order chi connectivity index (χ1) is 37.6. The van der Waals surface area contributed by atoms with Crippen molar-refractivity contribution in [2.45, 2.75) is 266 Å². The molecule has 2 atom stereocenters. The van der Waals surface area contributed by atoms with Crippen LogP contribution in [0, 0.1) is 18.8 Å². The second-order valence-electron chi connectivity index (χ2n) is 23.0. The zero-order valence-electron chi connectivity index (χ0n) is 48.9. The molecule has 0 N–H and O–H groups in total. The highest BCUT2D eigenvalue weighted by Gasteiger charge is 2.50. The minimum Gasteiger partial charge on any atom is -0.306 e. The van der Waals surface area contributed by atoms with Crippen LogP contribution in [0.15, 0.2) is 55.1 Å². The molecule has 77 heavy (non-hydrogen) atoms. The molecule has 4 nitrogen and oxygen atoms in total. The van der Waals surface area contributed by atoms with Crippen LogP contribution in [0.2, 0.25) is 0 Å². The van der Waals surface area contributed by atoms with Gasteiger partial charge in [-0.1, -0.05) is 221 Å². The SMILES string of the molecule is CCCCCCCCCCCCc1cc(C2=C3C(=O)N(CC(CCCCCC)CCCCCCCC)C(c4cc(C)c(-c5ccc(Br)s5)s4)=C3C(=O)N2CC(CCCCCC)CCCCCCCC)sc1-c1ccc(Br)s1. The number of hydrogen-bond acceptors (Lipinski definition) is 6. The summed E-state index contributed by atoms with van der Waals surface area (Å²) in [4.78, 5) is 43.9. The molecule has 2 aliphatic rings. The number of carbonyl (C=O) groups is 2. The van der Waals surface area contributed by atoms with Gasteiger partial charge in [0.2, 0.25) is 0 Å². The van der Waals surface area contributed by atoms with Crippen LogP contribution < -0.4 is 0 Å². The standard InChI is InChI=1S/C67H100Br2N2O2S4/c1-7-12-17-22-25-26-27-28-31-36-41-53-47-57(77-65(53)55-43-45-59(69)75-55)63-61-60(66(72)71(63)49-52(38-33-21-16-11-5)40-35-30-24-19-14-9-3)62(56-46-50(6)64(76-56)54-42-44-58(68)74-54)70(67(61)73)48-51(37-32-20-15-10-4)39-34-29-23-18-13-8-2/h42-47,51-52H,7-41,48-49H2,1-6H3. The Balaban J connectivity index is 1.46. The van der Waals surface area contributed by atoms with E-state index in [4.69, 9.17) is 0 Å². The molecular weight excluding hydrogens is 1150 g/mol. The third-order valence-corrected chi connectivity index (χ3v) is 22.5. The van der Waals surface area contributed by atoms with Crippen LogP contribution in [0.25, 0.3) is 30.9 Å². The van der Waals surface area contributed by atoms with E-state index in [0.717, 1.165) is 67.2 Å². The van der Waals surface area contributed by atoms with E-state index in [9.17, 15) is 0 Å². The van der Waals surface area contributed by atoms with Crippen molar-refractivity contribution in [1.82, 2.24) is 9.80 Å². The van der Waals surface area contributed by atoms with Gasteiger partial charge in [0.1, 0.15) is 0 Å². The van der Waals surface area contributed by atoms with Crippen LogP contribution in [0.3, 0.4) is 0 Å². The highest BCUT2D eigenvalue weighted by atomic mass is 79.9. The average molecular weight is 1250 g/mol. The van der Waals surface area contributed by atoms with E-state index in [0.29, 0.717) is 36.1 Å². The van der Waals surface area contributed by atoms with Crippen LogP contribution >= 0.6 is 77.2 Å². The second kappa shape index (κ2) is 35.9. The van der Waals surface area contributed by atoms with Crippen LogP contribution in [0.1, 0.15) is 274 Å². The number of fused-ring (bicyclic) bond motifs is 1. The van der Waals surface area contributed by atoms with Gasteiger partial charge in [0.05, 0.1) is 39.9 Å². The van der Waals surface area contributed by atoms with Gasteiger partial charge >= 0.3 is 0 Å². The largest absolute Gasteiger partial charge is 0.306 e. The van der Waals surface area contributed by atoms with Gasteiger partial charge in [0.25, 0.3) is 11.8 Å². The van der Waals surface area contributed by atoms with E-state index < -0.39 is 0 Å². The lowest BCUT2D eigenvalue weighted by Crippen LogP contribution is -2.34. The number of halogens is 2. The summed E-state index contributed by atoms with van der Waals surface area (Å²) in [7, 11) is 0. The Hall–Kier alpha value is -1.82. The number of unbranched alkanes of at least 4 members (excludes halogenated alkanes) is 25. The normalized spacial score (nSPS) is 14.6. The smallest absolute Gasteiger partial charge is 0.261 e. The number of nitrogens with zero attached hydrogens (tertiary/aromatic N) is 2. The molecule has 6 heterocycles. The Morgan fingerprint density at radius 2 is 0.740 bits per heavy atom. The van der Waals surface area contributed by atoms with Gasteiger partial charge in [-0.3, -0.25) is 9.59 Å². The van der Waals surface area contributed by atoms with Crippen molar-refractivity contribution in [3.05, 3.63) is 76.0 Å². The molecule has 10 heteroatoms. The molecular formula is C67H100Br2N2O2S4. The van der Waals surface area contributed by atoms with Crippen LogP contribution in [0.5, 0.6) is 0 Å². The monoisotopic (exact) mass is 1250 g/mol. The molecule has 2 unspecified atom stereocenters.